The van der Waals surface area contributed by atoms with E-state index in [4.69, 9.17) is 4.42 Å². The predicted octanol–water partition coefficient (Wildman–Crippen LogP) is 16.9. The first-order chi connectivity index (χ1) is 36.2. The van der Waals surface area contributed by atoms with Crippen LogP contribution in [0.4, 0.5) is 17.1 Å². The van der Waals surface area contributed by atoms with Crippen LogP contribution in [0.3, 0.4) is 0 Å². The average Bonchev–Trinajstić information content (AvgIpc) is 4.20. The first kappa shape index (κ1) is 38.2. The highest BCUT2D eigenvalue weighted by atomic mass is 16.3. The molecule has 2 aliphatic rings. The molecule has 0 radical (unpaired) electrons. The van der Waals surface area contributed by atoms with E-state index in [1.54, 1.807) is 0 Å². The van der Waals surface area contributed by atoms with Crippen molar-refractivity contribution in [3.8, 4) is 33.4 Å². The van der Waals surface area contributed by atoms with Gasteiger partial charge in [0, 0.05) is 87.4 Å². The molecule has 0 amide bonds. The molecule has 0 atom stereocenters. The maximum absolute atomic E-state index is 7.34. The van der Waals surface area contributed by atoms with Gasteiger partial charge in [0.1, 0.15) is 11.2 Å². The second-order valence-corrected chi connectivity index (χ2v) is 20.3. The average molecular weight is 924 g/mol. The molecular weight excluding hydrogens is 886 g/mol. The van der Waals surface area contributed by atoms with Crippen LogP contribution in [0.15, 0.2) is 235 Å². The minimum Gasteiger partial charge on any atom is -0.455 e. The van der Waals surface area contributed by atoms with Gasteiger partial charge in [0.2, 0.25) is 0 Å². The summed E-state index contributed by atoms with van der Waals surface area (Å²) >= 11 is 0. The Labute approximate surface area is 418 Å². The van der Waals surface area contributed by atoms with Crippen LogP contribution in [0.5, 0.6) is 0 Å². The Bertz CT molecular complexity index is 5050. The molecule has 0 N–H and O–H groups in total. The summed E-state index contributed by atoms with van der Waals surface area (Å²) in [5, 5.41) is 14.6. The molecule has 4 nitrogen and oxygen atoms in total. The quantitative estimate of drug-likeness (QED) is 0.130. The largest absolute Gasteiger partial charge is 0.455 e. The monoisotopic (exact) mass is 923 g/mol. The van der Waals surface area contributed by atoms with Crippen molar-refractivity contribution in [1.29, 1.82) is 0 Å². The zero-order valence-corrected chi connectivity index (χ0v) is 39.3. The molecule has 0 spiro atoms. The first-order valence-electron chi connectivity index (χ1n) is 25.4. The normalized spacial score (nSPS) is 13.2. The van der Waals surface area contributed by atoms with Crippen LogP contribution >= 0.6 is 0 Å². The Balaban J connectivity index is 1.12. The Kier molecular flexibility index (Phi) is 7.14. The smallest absolute Gasteiger partial charge is 0.333 e. The standard InChI is InChI=1S/C68H38BN3O/c1-3-17-39(18-4-1)41-31-32-57-50(34-41)51-35-44(40-19-5-2-6-20-40)36-54-62-64-59(38-53-48-26-13-16-30-60(48)73-68(53)62)71(65-45-23-9-7-21-42(45)33-43-22-8-10-24-46(43)65)58-37-52-47-25-11-14-28-55(47)70-56-29-15-12-27-49(56)61(67(52)70)63(58)69(64)72(57)66(51)54/h1-38H. The van der Waals surface area contributed by atoms with Crippen LogP contribution in [0.2, 0.25) is 0 Å². The number of anilines is 3. The summed E-state index contributed by atoms with van der Waals surface area (Å²) in [6.45, 7) is -0.246. The summed E-state index contributed by atoms with van der Waals surface area (Å²) in [4.78, 5) is 2.68. The fourth-order valence-corrected chi connectivity index (χ4v) is 13.8. The molecule has 334 valence electrons. The lowest BCUT2D eigenvalue weighted by atomic mass is 9.44. The van der Waals surface area contributed by atoms with E-state index in [0.717, 1.165) is 27.5 Å². The first-order valence-corrected chi connectivity index (χ1v) is 25.4. The highest BCUT2D eigenvalue weighted by molar-refractivity contribution is 6.92. The second-order valence-electron chi connectivity index (χ2n) is 20.3. The van der Waals surface area contributed by atoms with Gasteiger partial charge in [-0.15, -0.1) is 0 Å². The Morgan fingerprint density at radius 2 is 0.932 bits per heavy atom. The number of benzene rings is 12. The molecule has 18 rings (SSSR count). The number of fused-ring (bicyclic) bond motifs is 20. The zero-order valence-electron chi connectivity index (χ0n) is 39.3. The van der Waals surface area contributed by atoms with Crippen LogP contribution in [0.25, 0.3) is 137 Å². The van der Waals surface area contributed by atoms with Gasteiger partial charge in [-0.2, -0.15) is 0 Å². The lowest BCUT2D eigenvalue weighted by molar-refractivity contribution is 0.670. The molecule has 0 aliphatic carbocycles. The molecule has 0 saturated heterocycles. The van der Waals surface area contributed by atoms with Gasteiger partial charge in [0.25, 0.3) is 0 Å². The number of furan rings is 1. The summed E-state index contributed by atoms with van der Waals surface area (Å²) in [5.74, 6) is 0. The Hall–Kier alpha value is -9.58. The number of hydrogen-bond acceptors (Lipinski definition) is 2. The summed E-state index contributed by atoms with van der Waals surface area (Å²) < 4.78 is 12.6. The molecule has 0 fully saturated rings. The fraction of sp³-hybridized carbons (Fsp3) is 0. The molecule has 12 aromatic carbocycles. The van der Waals surface area contributed by atoms with Gasteiger partial charge < -0.3 is 18.2 Å². The van der Waals surface area contributed by atoms with E-state index >= 15 is 0 Å². The maximum Gasteiger partial charge on any atom is 0.333 e. The molecule has 0 saturated carbocycles. The third-order valence-corrected chi connectivity index (χ3v) is 16.7. The van der Waals surface area contributed by atoms with Gasteiger partial charge in [-0.1, -0.05) is 170 Å². The lowest BCUT2D eigenvalue weighted by Crippen LogP contribution is -2.57. The molecule has 16 aromatic rings. The van der Waals surface area contributed by atoms with Gasteiger partial charge in [-0.05, 0) is 105 Å². The van der Waals surface area contributed by atoms with E-state index < -0.39 is 0 Å². The maximum atomic E-state index is 7.34. The Morgan fingerprint density at radius 3 is 1.68 bits per heavy atom. The topological polar surface area (TPSA) is 25.7 Å². The number of aromatic nitrogens is 2. The van der Waals surface area contributed by atoms with Gasteiger partial charge in [-0.3, -0.25) is 0 Å². The summed E-state index contributed by atoms with van der Waals surface area (Å²) in [6.07, 6.45) is 0. The Morgan fingerprint density at radius 1 is 0.356 bits per heavy atom. The summed E-state index contributed by atoms with van der Waals surface area (Å²) in [6, 6.07) is 86.0. The van der Waals surface area contributed by atoms with E-state index in [2.05, 4.69) is 244 Å². The zero-order chi connectivity index (χ0) is 47.2. The van der Waals surface area contributed by atoms with Crippen molar-refractivity contribution >= 4 is 138 Å². The third-order valence-electron chi connectivity index (χ3n) is 16.7. The molecule has 0 unspecified atom stereocenters. The van der Waals surface area contributed by atoms with Gasteiger partial charge in [-0.25, -0.2) is 0 Å². The van der Waals surface area contributed by atoms with Crippen molar-refractivity contribution in [2.24, 2.45) is 0 Å². The molecule has 73 heavy (non-hydrogen) atoms. The number of para-hydroxylation sites is 3. The van der Waals surface area contributed by atoms with Crippen molar-refractivity contribution in [3.05, 3.63) is 231 Å². The van der Waals surface area contributed by atoms with Gasteiger partial charge in [0.05, 0.1) is 22.2 Å². The van der Waals surface area contributed by atoms with E-state index in [0.29, 0.717) is 0 Å². The fourth-order valence-electron chi connectivity index (χ4n) is 13.8. The number of hydrogen-bond donors (Lipinski definition) is 0. The van der Waals surface area contributed by atoms with E-state index in [9.17, 15) is 0 Å². The molecule has 0 bridgehead atoms. The highest BCUT2D eigenvalue weighted by Crippen LogP contribution is 2.54. The van der Waals surface area contributed by atoms with E-state index in [-0.39, 0.29) is 6.85 Å². The molecule has 5 heteroatoms. The van der Waals surface area contributed by atoms with Crippen LogP contribution < -0.4 is 15.8 Å². The van der Waals surface area contributed by atoms with Crippen molar-refractivity contribution < 1.29 is 4.42 Å². The second kappa shape index (κ2) is 13.6. The molecular formula is C68H38BN3O. The highest BCUT2D eigenvalue weighted by Gasteiger charge is 2.47. The van der Waals surface area contributed by atoms with Crippen LogP contribution in [0, 0.1) is 0 Å². The van der Waals surface area contributed by atoms with Crippen molar-refractivity contribution in [1.82, 2.24) is 8.88 Å². The summed E-state index contributed by atoms with van der Waals surface area (Å²) in [7, 11) is 0. The molecule has 4 aromatic heterocycles. The van der Waals surface area contributed by atoms with Crippen molar-refractivity contribution in [3.63, 3.8) is 0 Å². The predicted molar refractivity (Wildman–Crippen MR) is 308 cm³/mol. The molecule has 6 heterocycles. The van der Waals surface area contributed by atoms with Gasteiger partial charge >= 0.3 is 6.85 Å². The minimum absolute atomic E-state index is 0.246. The van der Waals surface area contributed by atoms with E-state index in [1.165, 1.54) is 137 Å². The third kappa shape index (κ3) is 4.78. The summed E-state index contributed by atoms with van der Waals surface area (Å²) in [5.41, 5.74) is 21.2. The number of rotatable bonds is 3. The van der Waals surface area contributed by atoms with Gasteiger partial charge in [0.15, 0.2) is 0 Å². The van der Waals surface area contributed by atoms with Crippen molar-refractivity contribution in [2.45, 2.75) is 0 Å². The van der Waals surface area contributed by atoms with Crippen LogP contribution in [-0.4, -0.2) is 15.7 Å². The lowest BCUT2D eigenvalue weighted by Gasteiger charge is -2.41. The molecule has 2 aliphatic heterocycles. The number of nitrogens with zero attached hydrogens (tertiary/aromatic N) is 3. The van der Waals surface area contributed by atoms with Crippen LogP contribution in [0.1, 0.15) is 0 Å². The van der Waals surface area contributed by atoms with E-state index in [1.807, 2.05) is 0 Å². The SMILES string of the molecule is c1ccc(-c2ccc3c(c2)c2cc(-c4ccccc4)cc4c2n3B2c3c(cc5c(oc6ccccc65)c3-4)N(c3c4ccccc4cc4ccccc34)c3cc4c5ccccc5n5c6ccccc6c(c32)c45)cc1. The minimum atomic E-state index is -0.246. The van der Waals surface area contributed by atoms with Crippen LogP contribution in [-0.2, 0) is 0 Å². The van der Waals surface area contributed by atoms with Crippen molar-refractivity contribution in [2.75, 3.05) is 4.90 Å².